The van der Waals surface area contributed by atoms with Crippen LogP contribution in [0.15, 0.2) is 18.2 Å². The van der Waals surface area contributed by atoms with Crippen molar-refractivity contribution in [3.05, 3.63) is 35.0 Å². The van der Waals surface area contributed by atoms with E-state index in [1.807, 2.05) is 0 Å². The van der Waals surface area contributed by atoms with Gasteiger partial charge in [-0.25, -0.2) is 0 Å². The van der Waals surface area contributed by atoms with E-state index in [9.17, 15) is 0 Å². The minimum atomic E-state index is 0.677. The van der Waals surface area contributed by atoms with Gasteiger partial charge in [-0.2, -0.15) is 0 Å². The predicted octanol–water partition coefficient (Wildman–Crippen LogP) is 3.26. The van der Waals surface area contributed by atoms with E-state index in [1.165, 1.54) is 47.1 Å². The van der Waals surface area contributed by atoms with Crippen LogP contribution in [0.1, 0.15) is 35.6 Å². The minimum Gasteiger partial charge on any atom is -0.347 e. The maximum atomic E-state index is 3.52. The van der Waals surface area contributed by atoms with Crippen LogP contribution in [0, 0.1) is 13.8 Å². The molecule has 1 saturated heterocycles. The number of rotatable bonds is 1. The molecule has 3 rings (SSSR count). The molecule has 1 atom stereocenters. The molecule has 1 aliphatic heterocycles. The van der Waals surface area contributed by atoms with Gasteiger partial charge in [0.25, 0.3) is 0 Å². The number of piperidine rings is 1. The number of fused-ring (bicyclic) bond motifs is 1. The molecule has 0 bridgehead atoms. The molecule has 1 aliphatic rings. The summed E-state index contributed by atoms with van der Waals surface area (Å²) in [4.78, 5) is 0. The maximum Gasteiger partial charge on any atom is 0.0485 e. The first-order chi connectivity index (χ1) is 8.66. The SMILES string of the molecule is Cc1cc(C)c2cc(C3CCCNC3)n(C)c2c1. The first-order valence-electron chi connectivity index (χ1n) is 6.94. The summed E-state index contributed by atoms with van der Waals surface area (Å²) >= 11 is 0. The first kappa shape index (κ1) is 11.8. The molecule has 1 N–H and O–H groups in total. The number of aryl methyl sites for hydroxylation is 3. The van der Waals surface area contributed by atoms with Crippen LogP contribution < -0.4 is 5.32 Å². The van der Waals surface area contributed by atoms with Crippen molar-refractivity contribution in [3.63, 3.8) is 0 Å². The Labute approximate surface area is 109 Å². The lowest BCUT2D eigenvalue weighted by molar-refractivity contribution is 0.448. The Morgan fingerprint density at radius 2 is 2.06 bits per heavy atom. The van der Waals surface area contributed by atoms with Crippen LogP contribution in [0.5, 0.6) is 0 Å². The average Bonchev–Trinajstić information content (AvgIpc) is 2.69. The quantitative estimate of drug-likeness (QED) is 0.812. The van der Waals surface area contributed by atoms with Gasteiger partial charge in [0.05, 0.1) is 0 Å². The monoisotopic (exact) mass is 242 g/mol. The summed E-state index contributed by atoms with van der Waals surface area (Å²) in [5.74, 6) is 0.677. The summed E-state index contributed by atoms with van der Waals surface area (Å²) in [7, 11) is 2.21. The van der Waals surface area contributed by atoms with Crippen LogP contribution >= 0.6 is 0 Å². The van der Waals surface area contributed by atoms with Crippen LogP contribution in [0.2, 0.25) is 0 Å². The smallest absolute Gasteiger partial charge is 0.0485 e. The molecule has 2 aromatic rings. The van der Waals surface area contributed by atoms with Crippen molar-refractivity contribution in [3.8, 4) is 0 Å². The molecule has 2 heterocycles. The second kappa shape index (κ2) is 4.43. The average molecular weight is 242 g/mol. The summed E-state index contributed by atoms with van der Waals surface area (Å²) in [5.41, 5.74) is 5.63. The van der Waals surface area contributed by atoms with Crippen molar-refractivity contribution in [2.75, 3.05) is 13.1 Å². The highest BCUT2D eigenvalue weighted by Crippen LogP contribution is 2.30. The van der Waals surface area contributed by atoms with Crippen LogP contribution in [-0.4, -0.2) is 17.7 Å². The summed E-state index contributed by atoms with van der Waals surface area (Å²) in [6.45, 7) is 6.71. The molecule has 0 aliphatic carbocycles. The second-order valence-corrected chi connectivity index (χ2v) is 5.69. The molecule has 1 unspecified atom stereocenters. The number of hydrogen-bond acceptors (Lipinski definition) is 1. The van der Waals surface area contributed by atoms with Crippen LogP contribution in [0.3, 0.4) is 0 Å². The van der Waals surface area contributed by atoms with Crippen LogP contribution in [-0.2, 0) is 7.05 Å². The molecular weight excluding hydrogens is 220 g/mol. The lowest BCUT2D eigenvalue weighted by Gasteiger charge is -2.23. The Balaban J connectivity index is 2.13. The van der Waals surface area contributed by atoms with E-state index in [0.29, 0.717) is 5.92 Å². The van der Waals surface area contributed by atoms with Crippen molar-refractivity contribution in [2.45, 2.75) is 32.6 Å². The highest BCUT2D eigenvalue weighted by atomic mass is 15.0. The number of benzene rings is 1. The number of aromatic nitrogens is 1. The van der Waals surface area contributed by atoms with Crippen molar-refractivity contribution in [2.24, 2.45) is 7.05 Å². The van der Waals surface area contributed by atoms with Gasteiger partial charge in [0.15, 0.2) is 0 Å². The lowest BCUT2D eigenvalue weighted by atomic mass is 9.96. The van der Waals surface area contributed by atoms with E-state index in [1.54, 1.807) is 0 Å². The van der Waals surface area contributed by atoms with Gasteiger partial charge in [-0.05, 0) is 56.5 Å². The van der Waals surface area contributed by atoms with Gasteiger partial charge >= 0.3 is 0 Å². The molecule has 18 heavy (non-hydrogen) atoms. The first-order valence-corrected chi connectivity index (χ1v) is 6.94. The van der Waals surface area contributed by atoms with Crippen molar-refractivity contribution < 1.29 is 0 Å². The topological polar surface area (TPSA) is 17.0 Å². The van der Waals surface area contributed by atoms with Crippen molar-refractivity contribution >= 4 is 10.9 Å². The summed E-state index contributed by atoms with van der Waals surface area (Å²) in [5, 5.41) is 4.94. The molecule has 2 heteroatoms. The molecule has 96 valence electrons. The molecule has 1 aromatic heterocycles. The Kier molecular flexibility index (Phi) is 2.90. The van der Waals surface area contributed by atoms with Gasteiger partial charge in [-0.3, -0.25) is 0 Å². The molecule has 0 spiro atoms. The number of nitrogens with one attached hydrogen (secondary N) is 1. The zero-order chi connectivity index (χ0) is 12.7. The predicted molar refractivity (Wildman–Crippen MR) is 77.2 cm³/mol. The third-order valence-electron chi connectivity index (χ3n) is 4.27. The fourth-order valence-electron chi connectivity index (χ4n) is 3.30. The van der Waals surface area contributed by atoms with Gasteiger partial charge < -0.3 is 9.88 Å². The van der Waals surface area contributed by atoms with Gasteiger partial charge in [0.2, 0.25) is 0 Å². The van der Waals surface area contributed by atoms with Gasteiger partial charge in [-0.1, -0.05) is 6.07 Å². The van der Waals surface area contributed by atoms with E-state index in [-0.39, 0.29) is 0 Å². The van der Waals surface area contributed by atoms with Gasteiger partial charge in [-0.15, -0.1) is 0 Å². The third-order valence-corrected chi connectivity index (χ3v) is 4.27. The standard InChI is InChI=1S/C16H22N2/c1-11-7-12(2)14-9-15(18(3)16(14)8-11)13-5-4-6-17-10-13/h7-9,13,17H,4-6,10H2,1-3H3. The zero-order valence-corrected chi connectivity index (χ0v) is 11.6. The molecule has 1 aromatic carbocycles. The Bertz CT molecular complexity index is 574. The van der Waals surface area contributed by atoms with E-state index < -0.39 is 0 Å². The Hall–Kier alpha value is -1.28. The molecule has 2 nitrogen and oxygen atoms in total. The van der Waals surface area contributed by atoms with Crippen LogP contribution in [0.4, 0.5) is 0 Å². The fourth-order valence-corrected chi connectivity index (χ4v) is 3.30. The van der Waals surface area contributed by atoms with E-state index in [2.05, 4.69) is 49.0 Å². The van der Waals surface area contributed by atoms with E-state index in [4.69, 9.17) is 0 Å². The number of nitrogens with zero attached hydrogens (tertiary/aromatic N) is 1. The summed E-state index contributed by atoms with van der Waals surface area (Å²) < 4.78 is 2.40. The molecule has 0 saturated carbocycles. The highest BCUT2D eigenvalue weighted by molar-refractivity contribution is 5.85. The molecule has 0 radical (unpaired) electrons. The molecular formula is C16H22N2. The molecule has 1 fully saturated rings. The van der Waals surface area contributed by atoms with E-state index >= 15 is 0 Å². The normalized spacial score (nSPS) is 20.5. The van der Waals surface area contributed by atoms with E-state index in [0.717, 1.165) is 6.54 Å². The van der Waals surface area contributed by atoms with Gasteiger partial charge in [0, 0.05) is 36.1 Å². The van der Waals surface area contributed by atoms with Crippen molar-refractivity contribution in [1.29, 1.82) is 0 Å². The number of hydrogen-bond donors (Lipinski definition) is 1. The minimum absolute atomic E-state index is 0.677. The summed E-state index contributed by atoms with van der Waals surface area (Å²) in [6.07, 6.45) is 2.61. The lowest BCUT2D eigenvalue weighted by Crippen LogP contribution is -2.29. The second-order valence-electron chi connectivity index (χ2n) is 5.69. The third kappa shape index (κ3) is 1.85. The Morgan fingerprint density at radius 3 is 2.78 bits per heavy atom. The maximum absolute atomic E-state index is 3.52. The molecule has 0 amide bonds. The fraction of sp³-hybridized carbons (Fsp3) is 0.500. The highest BCUT2D eigenvalue weighted by Gasteiger charge is 2.19. The zero-order valence-electron chi connectivity index (χ0n) is 11.6. The van der Waals surface area contributed by atoms with Crippen molar-refractivity contribution in [1.82, 2.24) is 9.88 Å². The van der Waals surface area contributed by atoms with Crippen LogP contribution in [0.25, 0.3) is 10.9 Å². The Morgan fingerprint density at radius 1 is 1.22 bits per heavy atom. The van der Waals surface area contributed by atoms with Gasteiger partial charge in [0.1, 0.15) is 0 Å². The largest absolute Gasteiger partial charge is 0.347 e. The summed E-state index contributed by atoms with van der Waals surface area (Å²) in [6, 6.07) is 7.00.